The van der Waals surface area contributed by atoms with Gasteiger partial charge in [0.05, 0.1) is 32.1 Å². The average molecular weight is 483 g/mol. The molecule has 0 spiro atoms. The maximum absolute atomic E-state index is 12.5. The molecule has 0 bridgehead atoms. The van der Waals surface area contributed by atoms with Crippen LogP contribution in [0.15, 0.2) is 66.7 Å². The predicted octanol–water partition coefficient (Wildman–Crippen LogP) is 4.09. The predicted molar refractivity (Wildman–Crippen MR) is 134 cm³/mol. The summed E-state index contributed by atoms with van der Waals surface area (Å²) in [6.07, 6.45) is 1.20. The van der Waals surface area contributed by atoms with Gasteiger partial charge in [0.15, 0.2) is 0 Å². The van der Waals surface area contributed by atoms with Gasteiger partial charge in [0, 0.05) is 5.56 Å². The number of nitrogens with zero attached hydrogens (tertiary/aromatic N) is 1. The van der Waals surface area contributed by atoms with Gasteiger partial charge in [-0.1, -0.05) is 29.8 Å². The summed E-state index contributed by atoms with van der Waals surface area (Å²) in [7, 11) is -1.88. The number of aryl methyl sites for hydroxylation is 2. The highest BCUT2D eigenvalue weighted by Gasteiger charge is 2.20. The van der Waals surface area contributed by atoms with Crippen molar-refractivity contribution < 1.29 is 22.7 Å². The van der Waals surface area contributed by atoms with Crippen LogP contribution in [0.4, 0.5) is 5.69 Å². The second-order valence-electron chi connectivity index (χ2n) is 8.04. The fraction of sp³-hybridized carbons (Fsp3) is 0.269. The van der Waals surface area contributed by atoms with Crippen molar-refractivity contribution in [2.24, 2.45) is 0 Å². The standard InChI is InChI=1S/C26H30N2O5S/c1-19-5-14-25(20(2)17-19)28(34(4,30)31)18-21-6-8-22(9-7-21)26(29)27-15-16-33-24-12-10-23(32-3)11-13-24/h5-14,17H,15-16,18H2,1-4H3,(H,27,29). The Morgan fingerprint density at radius 1 is 0.941 bits per heavy atom. The number of methoxy groups -OCH3 is 1. The van der Waals surface area contributed by atoms with Gasteiger partial charge in [0.1, 0.15) is 18.1 Å². The van der Waals surface area contributed by atoms with E-state index in [-0.39, 0.29) is 12.5 Å². The van der Waals surface area contributed by atoms with E-state index in [0.717, 1.165) is 22.4 Å². The summed E-state index contributed by atoms with van der Waals surface area (Å²) in [5.41, 5.74) is 3.87. The van der Waals surface area contributed by atoms with Gasteiger partial charge in [-0.15, -0.1) is 0 Å². The minimum absolute atomic E-state index is 0.181. The summed E-state index contributed by atoms with van der Waals surface area (Å²) >= 11 is 0. The molecule has 0 radical (unpaired) electrons. The number of rotatable bonds is 10. The van der Waals surface area contributed by atoms with Gasteiger partial charge in [-0.25, -0.2) is 8.42 Å². The molecular formula is C26H30N2O5S. The Morgan fingerprint density at radius 3 is 2.18 bits per heavy atom. The SMILES string of the molecule is COc1ccc(OCCNC(=O)c2ccc(CN(c3ccc(C)cc3C)S(C)(=O)=O)cc2)cc1. The lowest BCUT2D eigenvalue weighted by Gasteiger charge is -2.24. The number of benzene rings is 3. The maximum atomic E-state index is 12.5. The van der Waals surface area contributed by atoms with Gasteiger partial charge in [-0.2, -0.15) is 0 Å². The van der Waals surface area contributed by atoms with E-state index in [1.165, 1.54) is 10.6 Å². The summed E-state index contributed by atoms with van der Waals surface area (Å²) in [5.74, 6) is 1.22. The van der Waals surface area contributed by atoms with Crippen LogP contribution in [-0.4, -0.2) is 40.8 Å². The third-order valence-corrected chi connectivity index (χ3v) is 6.41. The normalized spacial score (nSPS) is 11.1. The van der Waals surface area contributed by atoms with Crippen LogP contribution in [0, 0.1) is 13.8 Å². The highest BCUT2D eigenvalue weighted by molar-refractivity contribution is 7.92. The Labute approximate surface area is 201 Å². The van der Waals surface area contributed by atoms with Crippen molar-refractivity contribution in [3.8, 4) is 11.5 Å². The largest absolute Gasteiger partial charge is 0.497 e. The van der Waals surface area contributed by atoms with Crippen LogP contribution in [0.3, 0.4) is 0 Å². The minimum atomic E-state index is -3.49. The average Bonchev–Trinajstić information content (AvgIpc) is 2.81. The highest BCUT2D eigenvalue weighted by atomic mass is 32.2. The second kappa shape index (κ2) is 11.1. The Morgan fingerprint density at radius 2 is 1.59 bits per heavy atom. The first-order valence-corrected chi connectivity index (χ1v) is 12.7. The molecule has 1 N–H and O–H groups in total. The lowest BCUT2D eigenvalue weighted by atomic mass is 10.1. The molecule has 0 aliphatic heterocycles. The maximum Gasteiger partial charge on any atom is 0.251 e. The zero-order chi connectivity index (χ0) is 24.7. The number of hydrogen-bond donors (Lipinski definition) is 1. The molecule has 1 amide bonds. The lowest BCUT2D eigenvalue weighted by molar-refractivity contribution is 0.0947. The third-order valence-electron chi connectivity index (χ3n) is 5.28. The van der Waals surface area contributed by atoms with E-state index in [1.807, 2.05) is 32.0 Å². The Hall–Kier alpha value is -3.52. The van der Waals surface area contributed by atoms with Crippen molar-refractivity contribution in [2.45, 2.75) is 20.4 Å². The molecule has 0 aliphatic carbocycles. The van der Waals surface area contributed by atoms with Gasteiger partial charge in [0.25, 0.3) is 5.91 Å². The molecule has 0 aliphatic rings. The first-order valence-electron chi connectivity index (χ1n) is 10.9. The van der Waals surface area contributed by atoms with E-state index in [4.69, 9.17) is 9.47 Å². The smallest absolute Gasteiger partial charge is 0.251 e. The molecule has 0 saturated heterocycles. The van der Waals surface area contributed by atoms with Gasteiger partial charge >= 0.3 is 0 Å². The van der Waals surface area contributed by atoms with E-state index in [0.29, 0.717) is 30.2 Å². The molecule has 34 heavy (non-hydrogen) atoms. The first-order chi connectivity index (χ1) is 16.2. The van der Waals surface area contributed by atoms with Gasteiger partial charge in [-0.3, -0.25) is 9.10 Å². The van der Waals surface area contributed by atoms with Crippen molar-refractivity contribution in [2.75, 3.05) is 30.8 Å². The van der Waals surface area contributed by atoms with Gasteiger partial charge < -0.3 is 14.8 Å². The third kappa shape index (κ3) is 6.74. The van der Waals surface area contributed by atoms with E-state index < -0.39 is 10.0 Å². The summed E-state index contributed by atoms with van der Waals surface area (Å²) in [4.78, 5) is 12.4. The van der Waals surface area contributed by atoms with Crippen molar-refractivity contribution in [3.63, 3.8) is 0 Å². The number of anilines is 1. The fourth-order valence-corrected chi connectivity index (χ4v) is 4.45. The molecule has 0 atom stereocenters. The Kier molecular flexibility index (Phi) is 8.17. The van der Waals surface area contributed by atoms with Crippen LogP contribution < -0.4 is 19.1 Å². The molecule has 0 fully saturated rings. The Bertz CT molecular complexity index is 1220. The molecular weight excluding hydrogens is 452 g/mol. The minimum Gasteiger partial charge on any atom is -0.497 e. The topological polar surface area (TPSA) is 84.9 Å². The summed E-state index contributed by atoms with van der Waals surface area (Å²) in [5, 5.41) is 2.82. The molecule has 0 saturated carbocycles. The van der Waals surface area contributed by atoms with E-state index in [9.17, 15) is 13.2 Å². The molecule has 3 aromatic carbocycles. The van der Waals surface area contributed by atoms with Gasteiger partial charge in [0.2, 0.25) is 10.0 Å². The molecule has 3 rings (SSSR count). The number of carbonyl (C=O) groups is 1. The Balaban J connectivity index is 1.57. The molecule has 0 aromatic heterocycles. The molecule has 180 valence electrons. The fourth-order valence-electron chi connectivity index (χ4n) is 3.50. The second-order valence-corrected chi connectivity index (χ2v) is 9.94. The summed E-state index contributed by atoms with van der Waals surface area (Å²) in [6.45, 7) is 4.72. The quantitative estimate of drug-likeness (QED) is 0.440. The molecule has 7 nitrogen and oxygen atoms in total. The number of amides is 1. The number of nitrogens with one attached hydrogen (secondary N) is 1. The monoisotopic (exact) mass is 482 g/mol. The number of hydrogen-bond acceptors (Lipinski definition) is 5. The van der Waals surface area contributed by atoms with Crippen molar-refractivity contribution in [1.82, 2.24) is 5.32 Å². The lowest BCUT2D eigenvalue weighted by Crippen LogP contribution is -2.30. The van der Waals surface area contributed by atoms with Crippen LogP contribution in [0.1, 0.15) is 27.0 Å². The first kappa shape index (κ1) is 25.1. The number of sulfonamides is 1. The zero-order valence-corrected chi connectivity index (χ0v) is 20.7. The van der Waals surface area contributed by atoms with Crippen LogP contribution in [0.5, 0.6) is 11.5 Å². The van der Waals surface area contributed by atoms with Crippen LogP contribution in [0.2, 0.25) is 0 Å². The zero-order valence-electron chi connectivity index (χ0n) is 19.9. The van der Waals surface area contributed by atoms with E-state index in [2.05, 4.69) is 5.32 Å². The van der Waals surface area contributed by atoms with Gasteiger partial charge in [-0.05, 0) is 67.4 Å². The van der Waals surface area contributed by atoms with Crippen LogP contribution in [-0.2, 0) is 16.6 Å². The van der Waals surface area contributed by atoms with Crippen molar-refractivity contribution in [1.29, 1.82) is 0 Å². The number of ether oxygens (including phenoxy) is 2. The van der Waals surface area contributed by atoms with Crippen LogP contribution in [0.25, 0.3) is 0 Å². The molecule has 8 heteroatoms. The molecule has 3 aromatic rings. The summed E-state index contributed by atoms with van der Waals surface area (Å²) in [6, 6.07) is 19.8. The highest BCUT2D eigenvalue weighted by Crippen LogP contribution is 2.25. The number of carbonyl (C=O) groups excluding carboxylic acids is 1. The molecule has 0 heterocycles. The summed E-state index contributed by atoms with van der Waals surface area (Å²) < 4.78 is 37.1. The van der Waals surface area contributed by atoms with E-state index in [1.54, 1.807) is 55.6 Å². The van der Waals surface area contributed by atoms with Crippen molar-refractivity contribution >= 4 is 21.6 Å². The van der Waals surface area contributed by atoms with Crippen molar-refractivity contribution in [3.05, 3.63) is 89.0 Å². The van der Waals surface area contributed by atoms with Crippen LogP contribution >= 0.6 is 0 Å². The molecule has 0 unspecified atom stereocenters. The van der Waals surface area contributed by atoms with E-state index >= 15 is 0 Å².